The number of nitrogens with one attached hydrogen (secondary N) is 1. The predicted octanol–water partition coefficient (Wildman–Crippen LogP) is 1.54. The highest BCUT2D eigenvalue weighted by molar-refractivity contribution is 5.37. The molecule has 3 heteroatoms. The van der Waals surface area contributed by atoms with Crippen molar-refractivity contribution >= 4 is 5.82 Å². The van der Waals surface area contributed by atoms with Crippen LogP contribution in [0.3, 0.4) is 0 Å². The van der Waals surface area contributed by atoms with Gasteiger partial charge in [-0.3, -0.25) is 0 Å². The Balaban J connectivity index is 1.98. The molecule has 0 spiro atoms. The molecule has 0 aromatic carbocycles. The molecular formula is C11H17N3. The number of nitrogens with two attached hydrogens (primary N) is 1. The molecule has 76 valence electrons. The monoisotopic (exact) mass is 191 g/mol. The Bertz CT molecular complexity index is 290. The van der Waals surface area contributed by atoms with Crippen molar-refractivity contribution < 1.29 is 0 Å². The summed E-state index contributed by atoms with van der Waals surface area (Å²) in [4.78, 5) is 4.31. The van der Waals surface area contributed by atoms with Gasteiger partial charge in [-0.1, -0.05) is 6.07 Å². The number of aryl methyl sites for hydroxylation is 1. The maximum absolute atomic E-state index is 5.70. The molecule has 14 heavy (non-hydrogen) atoms. The summed E-state index contributed by atoms with van der Waals surface area (Å²) in [5, 5.41) is 3.38. The number of pyridine rings is 1. The van der Waals surface area contributed by atoms with E-state index in [2.05, 4.69) is 16.4 Å². The highest BCUT2D eigenvalue weighted by Crippen LogP contribution is 2.33. The van der Waals surface area contributed by atoms with E-state index in [0.29, 0.717) is 12.6 Å². The first-order valence-corrected chi connectivity index (χ1v) is 5.19. The van der Waals surface area contributed by atoms with Gasteiger partial charge in [-0.05, 0) is 37.3 Å². The number of hydrogen-bond acceptors (Lipinski definition) is 3. The van der Waals surface area contributed by atoms with Gasteiger partial charge in [0, 0.05) is 18.8 Å². The zero-order valence-corrected chi connectivity index (χ0v) is 8.53. The van der Waals surface area contributed by atoms with Crippen LogP contribution >= 0.6 is 0 Å². The fourth-order valence-corrected chi connectivity index (χ4v) is 1.61. The lowest BCUT2D eigenvalue weighted by Gasteiger charge is -2.16. The van der Waals surface area contributed by atoms with Gasteiger partial charge in [-0.25, -0.2) is 4.98 Å². The Morgan fingerprint density at radius 2 is 2.36 bits per heavy atom. The van der Waals surface area contributed by atoms with E-state index < -0.39 is 0 Å². The molecule has 0 radical (unpaired) electrons. The van der Waals surface area contributed by atoms with Crippen molar-refractivity contribution in [3.05, 3.63) is 23.9 Å². The highest BCUT2D eigenvalue weighted by atomic mass is 15.0. The Morgan fingerprint density at radius 3 is 2.86 bits per heavy atom. The topological polar surface area (TPSA) is 50.9 Å². The Morgan fingerprint density at radius 1 is 1.57 bits per heavy atom. The standard InChI is InChI=1S/C11H17N3/c1-8-2-5-11(13-7-8)14-10(6-12)9-3-4-9/h2,5,7,9-10H,3-4,6,12H2,1H3,(H,13,14). The van der Waals surface area contributed by atoms with Crippen molar-refractivity contribution in [2.45, 2.75) is 25.8 Å². The molecular weight excluding hydrogens is 174 g/mol. The van der Waals surface area contributed by atoms with E-state index in [4.69, 9.17) is 5.73 Å². The van der Waals surface area contributed by atoms with Crippen LogP contribution in [0.25, 0.3) is 0 Å². The van der Waals surface area contributed by atoms with Crippen LogP contribution in [0.2, 0.25) is 0 Å². The van der Waals surface area contributed by atoms with Crippen molar-refractivity contribution in [3.8, 4) is 0 Å². The molecule has 1 unspecified atom stereocenters. The second kappa shape index (κ2) is 3.96. The first kappa shape index (κ1) is 9.46. The lowest BCUT2D eigenvalue weighted by molar-refractivity contribution is 0.642. The normalized spacial score (nSPS) is 17.9. The molecule has 1 aliphatic carbocycles. The number of hydrogen-bond donors (Lipinski definition) is 2. The van der Waals surface area contributed by atoms with Gasteiger partial charge in [0.1, 0.15) is 5.82 Å². The molecule has 1 atom stereocenters. The van der Waals surface area contributed by atoms with Crippen molar-refractivity contribution in [1.29, 1.82) is 0 Å². The van der Waals surface area contributed by atoms with Crippen molar-refractivity contribution in [3.63, 3.8) is 0 Å². The molecule has 1 fully saturated rings. The summed E-state index contributed by atoms with van der Waals surface area (Å²) >= 11 is 0. The average molecular weight is 191 g/mol. The fraction of sp³-hybridized carbons (Fsp3) is 0.545. The predicted molar refractivity (Wildman–Crippen MR) is 58.2 cm³/mol. The lowest BCUT2D eigenvalue weighted by Crippen LogP contribution is -2.31. The number of aromatic nitrogens is 1. The second-order valence-electron chi connectivity index (χ2n) is 4.04. The van der Waals surface area contributed by atoms with E-state index in [1.807, 2.05) is 19.2 Å². The van der Waals surface area contributed by atoms with E-state index in [-0.39, 0.29) is 0 Å². The summed E-state index contributed by atoms with van der Waals surface area (Å²) in [6.45, 7) is 2.73. The van der Waals surface area contributed by atoms with Gasteiger partial charge in [-0.2, -0.15) is 0 Å². The van der Waals surface area contributed by atoms with Gasteiger partial charge >= 0.3 is 0 Å². The van der Waals surface area contributed by atoms with Crippen LogP contribution in [0.5, 0.6) is 0 Å². The molecule has 0 saturated heterocycles. The van der Waals surface area contributed by atoms with E-state index in [1.54, 1.807) is 0 Å². The van der Waals surface area contributed by atoms with Crippen LogP contribution in [0.15, 0.2) is 18.3 Å². The molecule has 2 rings (SSSR count). The van der Waals surface area contributed by atoms with Gasteiger partial charge in [-0.15, -0.1) is 0 Å². The summed E-state index contributed by atoms with van der Waals surface area (Å²) in [7, 11) is 0. The summed E-state index contributed by atoms with van der Waals surface area (Å²) < 4.78 is 0. The summed E-state index contributed by atoms with van der Waals surface area (Å²) in [6, 6.07) is 4.49. The average Bonchev–Trinajstić information content (AvgIpc) is 3.01. The Labute approximate surface area is 84.7 Å². The van der Waals surface area contributed by atoms with E-state index in [9.17, 15) is 0 Å². The SMILES string of the molecule is Cc1ccc(NC(CN)C2CC2)nc1. The number of anilines is 1. The molecule has 0 aliphatic heterocycles. The maximum atomic E-state index is 5.70. The molecule has 3 N–H and O–H groups in total. The lowest BCUT2D eigenvalue weighted by atomic mass is 10.2. The number of nitrogens with zero attached hydrogens (tertiary/aromatic N) is 1. The van der Waals surface area contributed by atoms with Crippen molar-refractivity contribution in [1.82, 2.24) is 4.98 Å². The van der Waals surface area contributed by atoms with E-state index in [0.717, 1.165) is 11.7 Å². The molecule has 1 saturated carbocycles. The first-order chi connectivity index (χ1) is 6.79. The molecule has 1 heterocycles. The molecule has 1 aromatic rings. The summed E-state index contributed by atoms with van der Waals surface area (Å²) in [5.41, 5.74) is 6.89. The minimum absolute atomic E-state index is 0.408. The smallest absolute Gasteiger partial charge is 0.126 e. The fourth-order valence-electron chi connectivity index (χ4n) is 1.61. The van der Waals surface area contributed by atoms with Crippen molar-refractivity contribution in [2.75, 3.05) is 11.9 Å². The van der Waals surface area contributed by atoms with Gasteiger partial charge in [0.2, 0.25) is 0 Å². The van der Waals surface area contributed by atoms with Gasteiger partial charge < -0.3 is 11.1 Å². The van der Waals surface area contributed by atoms with Gasteiger partial charge in [0.25, 0.3) is 0 Å². The maximum Gasteiger partial charge on any atom is 0.126 e. The first-order valence-electron chi connectivity index (χ1n) is 5.19. The second-order valence-corrected chi connectivity index (χ2v) is 4.04. The van der Waals surface area contributed by atoms with Crippen LogP contribution in [0.1, 0.15) is 18.4 Å². The Kier molecular flexibility index (Phi) is 2.68. The molecule has 1 aliphatic rings. The number of rotatable bonds is 4. The van der Waals surface area contributed by atoms with Gasteiger partial charge in [0.05, 0.1) is 0 Å². The zero-order valence-electron chi connectivity index (χ0n) is 8.53. The van der Waals surface area contributed by atoms with Crippen LogP contribution < -0.4 is 11.1 Å². The van der Waals surface area contributed by atoms with Gasteiger partial charge in [0.15, 0.2) is 0 Å². The van der Waals surface area contributed by atoms with Crippen LogP contribution in [0.4, 0.5) is 5.82 Å². The van der Waals surface area contributed by atoms with E-state index in [1.165, 1.54) is 18.4 Å². The highest BCUT2D eigenvalue weighted by Gasteiger charge is 2.30. The molecule has 1 aromatic heterocycles. The minimum atomic E-state index is 0.408. The molecule has 3 nitrogen and oxygen atoms in total. The summed E-state index contributed by atoms with van der Waals surface area (Å²) in [6.07, 6.45) is 4.49. The third-order valence-electron chi connectivity index (χ3n) is 2.69. The largest absolute Gasteiger partial charge is 0.366 e. The van der Waals surface area contributed by atoms with Crippen LogP contribution in [-0.4, -0.2) is 17.6 Å². The Hall–Kier alpha value is -1.09. The third-order valence-corrected chi connectivity index (χ3v) is 2.69. The quantitative estimate of drug-likeness (QED) is 0.759. The minimum Gasteiger partial charge on any atom is -0.366 e. The van der Waals surface area contributed by atoms with E-state index >= 15 is 0 Å². The van der Waals surface area contributed by atoms with Crippen molar-refractivity contribution in [2.24, 2.45) is 11.7 Å². The molecule has 0 bridgehead atoms. The summed E-state index contributed by atoms with van der Waals surface area (Å²) in [5.74, 6) is 1.71. The molecule has 0 amide bonds. The third kappa shape index (κ3) is 2.23. The zero-order chi connectivity index (χ0) is 9.97. The van der Waals surface area contributed by atoms with Crippen LogP contribution in [0, 0.1) is 12.8 Å². The van der Waals surface area contributed by atoms with Crippen LogP contribution in [-0.2, 0) is 0 Å².